The summed E-state index contributed by atoms with van der Waals surface area (Å²) in [6.07, 6.45) is 3.27. The van der Waals surface area contributed by atoms with Crippen molar-refractivity contribution in [1.29, 1.82) is 0 Å². The Kier molecular flexibility index (Phi) is 5.44. The first kappa shape index (κ1) is 20.2. The highest BCUT2D eigenvalue weighted by molar-refractivity contribution is 5.82. The second kappa shape index (κ2) is 8.35. The Balaban J connectivity index is 1.79. The summed E-state index contributed by atoms with van der Waals surface area (Å²) in [5, 5.41) is 3.02. The van der Waals surface area contributed by atoms with E-state index in [-0.39, 0.29) is 24.2 Å². The maximum atomic E-state index is 13.8. The van der Waals surface area contributed by atoms with Gasteiger partial charge in [0.25, 0.3) is 5.56 Å². The van der Waals surface area contributed by atoms with Crippen LogP contribution in [0.4, 0.5) is 4.39 Å². The van der Waals surface area contributed by atoms with E-state index in [2.05, 4.69) is 10.3 Å². The van der Waals surface area contributed by atoms with Crippen LogP contribution in [0.1, 0.15) is 11.1 Å². The largest absolute Gasteiger partial charge is 0.350 e. The summed E-state index contributed by atoms with van der Waals surface area (Å²) in [5.41, 5.74) is 0.785. The molecule has 0 fully saturated rings. The number of aromatic nitrogens is 3. The molecule has 2 aromatic heterocycles. The molecule has 0 aliphatic carbocycles. The number of hydrogen-bond acceptors (Lipinski definition) is 4. The average Bonchev–Trinajstić information content (AvgIpc) is 2.76. The average molecular weight is 418 g/mol. The van der Waals surface area contributed by atoms with E-state index in [4.69, 9.17) is 0 Å². The van der Waals surface area contributed by atoms with Gasteiger partial charge < -0.3 is 5.32 Å². The second-order valence-corrected chi connectivity index (χ2v) is 7.15. The Morgan fingerprint density at radius 3 is 2.68 bits per heavy atom. The van der Waals surface area contributed by atoms with Crippen molar-refractivity contribution in [3.05, 3.63) is 105 Å². The first-order valence-corrected chi connectivity index (χ1v) is 9.62. The van der Waals surface area contributed by atoms with E-state index < -0.39 is 23.0 Å². The maximum Gasteiger partial charge on any atom is 0.336 e. The summed E-state index contributed by atoms with van der Waals surface area (Å²) in [6, 6.07) is 13.9. The lowest BCUT2D eigenvalue weighted by atomic mass is 10.1. The van der Waals surface area contributed by atoms with Gasteiger partial charge in [-0.2, -0.15) is 0 Å². The molecule has 0 spiro atoms. The molecule has 8 heteroatoms. The highest BCUT2D eigenvalue weighted by atomic mass is 19.1. The predicted octanol–water partition coefficient (Wildman–Crippen LogP) is 2.31. The number of aryl methyl sites for hydroxylation is 1. The van der Waals surface area contributed by atoms with Crippen LogP contribution in [0.3, 0.4) is 0 Å². The second-order valence-electron chi connectivity index (χ2n) is 7.15. The number of benzene rings is 2. The van der Waals surface area contributed by atoms with Gasteiger partial charge in [0, 0.05) is 18.9 Å². The molecule has 0 radical (unpaired) electrons. The molecule has 0 saturated carbocycles. The van der Waals surface area contributed by atoms with Gasteiger partial charge in [-0.25, -0.2) is 13.8 Å². The van der Waals surface area contributed by atoms with Crippen molar-refractivity contribution in [2.75, 3.05) is 0 Å². The van der Waals surface area contributed by atoms with E-state index in [1.807, 2.05) is 13.0 Å². The van der Waals surface area contributed by atoms with Crippen LogP contribution in [0.5, 0.6) is 0 Å². The Hall–Kier alpha value is -4.07. The summed E-state index contributed by atoms with van der Waals surface area (Å²) in [4.78, 5) is 42.9. The van der Waals surface area contributed by atoms with E-state index in [9.17, 15) is 18.8 Å². The molecule has 2 aromatic carbocycles. The molecule has 1 N–H and O–H groups in total. The van der Waals surface area contributed by atoms with Gasteiger partial charge in [0.05, 0.1) is 16.6 Å². The maximum absolute atomic E-state index is 13.8. The fourth-order valence-corrected chi connectivity index (χ4v) is 3.39. The normalized spacial score (nSPS) is 10.9. The summed E-state index contributed by atoms with van der Waals surface area (Å²) >= 11 is 0. The molecule has 0 bridgehead atoms. The van der Waals surface area contributed by atoms with Crippen LogP contribution in [0.25, 0.3) is 16.6 Å². The van der Waals surface area contributed by atoms with E-state index in [0.29, 0.717) is 5.52 Å². The van der Waals surface area contributed by atoms with Crippen LogP contribution in [-0.2, 0) is 17.9 Å². The topological polar surface area (TPSA) is 86.0 Å². The first-order valence-electron chi connectivity index (χ1n) is 9.62. The number of fused-ring (bicyclic) bond motifs is 1. The van der Waals surface area contributed by atoms with Crippen LogP contribution in [-0.4, -0.2) is 20.0 Å². The molecule has 4 aromatic rings. The van der Waals surface area contributed by atoms with Crippen LogP contribution in [0.15, 0.2) is 76.6 Å². The minimum Gasteiger partial charge on any atom is -0.350 e. The number of carbonyl (C=O) groups excluding carboxylic acids is 1. The first-order chi connectivity index (χ1) is 14.9. The third-order valence-corrected chi connectivity index (χ3v) is 4.88. The standard InChI is InChI=1S/C23H19FN4O3/c1-15-7-8-20-19(10-15)22(30)28(18-6-2-5-17(24)11-18)23(31)27(20)14-21(29)26-13-16-4-3-9-25-12-16/h2-12H,13-14H2,1H3,(H,26,29). The lowest BCUT2D eigenvalue weighted by molar-refractivity contribution is -0.121. The van der Waals surface area contributed by atoms with Gasteiger partial charge in [0.2, 0.25) is 5.91 Å². The number of nitrogens with zero attached hydrogens (tertiary/aromatic N) is 3. The molecule has 4 rings (SSSR count). The smallest absolute Gasteiger partial charge is 0.336 e. The summed E-state index contributed by atoms with van der Waals surface area (Å²) in [6.45, 7) is 1.78. The minimum atomic E-state index is -0.719. The van der Waals surface area contributed by atoms with Crippen molar-refractivity contribution < 1.29 is 9.18 Å². The van der Waals surface area contributed by atoms with E-state index in [1.165, 1.54) is 22.8 Å². The molecule has 1 amide bonds. The van der Waals surface area contributed by atoms with E-state index in [1.54, 1.807) is 36.7 Å². The zero-order valence-electron chi connectivity index (χ0n) is 16.7. The molecule has 2 heterocycles. The van der Waals surface area contributed by atoms with E-state index >= 15 is 0 Å². The summed E-state index contributed by atoms with van der Waals surface area (Å²) in [7, 11) is 0. The molecular weight excluding hydrogens is 399 g/mol. The molecule has 0 unspecified atom stereocenters. The van der Waals surface area contributed by atoms with Crippen molar-refractivity contribution in [3.63, 3.8) is 0 Å². The zero-order valence-corrected chi connectivity index (χ0v) is 16.7. The van der Waals surface area contributed by atoms with E-state index in [0.717, 1.165) is 21.8 Å². The van der Waals surface area contributed by atoms with Crippen molar-refractivity contribution in [2.45, 2.75) is 20.0 Å². The molecule has 156 valence electrons. The van der Waals surface area contributed by atoms with Gasteiger partial charge in [-0.15, -0.1) is 0 Å². The lowest BCUT2D eigenvalue weighted by Gasteiger charge is -2.15. The van der Waals surface area contributed by atoms with Gasteiger partial charge in [-0.3, -0.25) is 19.1 Å². The lowest BCUT2D eigenvalue weighted by Crippen LogP contribution is -2.41. The van der Waals surface area contributed by atoms with Crippen LogP contribution in [0, 0.1) is 12.7 Å². The van der Waals surface area contributed by atoms with Gasteiger partial charge in [0.15, 0.2) is 0 Å². The number of halogens is 1. The van der Waals surface area contributed by atoms with Gasteiger partial charge in [-0.1, -0.05) is 23.8 Å². The Bertz CT molecular complexity index is 1390. The predicted molar refractivity (Wildman–Crippen MR) is 115 cm³/mol. The Morgan fingerprint density at radius 2 is 1.94 bits per heavy atom. The van der Waals surface area contributed by atoms with Crippen molar-refractivity contribution in [2.24, 2.45) is 0 Å². The molecule has 7 nitrogen and oxygen atoms in total. The fourth-order valence-electron chi connectivity index (χ4n) is 3.39. The Morgan fingerprint density at radius 1 is 1.10 bits per heavy atom. The monoisotopic (exact) mass is 418 g/mol. The highest BCUT2D eigenvalue weighted by Crippen LogP contribution is 2.13. The minimum absolute atomic E-state index is 0.0999. The molecule has 0 saturated heterocycles. The summed E-state index contributed by atoms with van der Waals surface area (Å²) < 4.78 is 15.9. The quantitative estimate of drug-likeness (QED) is 0.539. The summed E-state index contributed by atoms with van der Waals surface area (Å²) in [5.74, 6) is -0.980. The molecule has 0 aliphatic rings. The number of carbonyl (C=O) groups is 1. The molecule has 0 aliphatic heterocycles. The van der Waals surface area contributed by atoms with Gasteiger partial charge >= 0.3 is 5.69 Å². The van der Waals surface area contributed by atoms with Crippen LogP contribution >= 0.6 is 0 Å². The Labute approximate surface area is 176 Å². The number of amides is 1. The van der Waals surface area contributed by atoms with Crippen molar-refractivity contribution in [3.8, 4) is 5.69 Å². The highest BCUT2D eigenvalue weighted by Gasteiger charge is 2.17. The van der Waals surface area contributed by atoms with Crippen molar-refractivity contribution >= 4 is 16.8 Å². The van der Waals surface area contributed by atoms with Crippen molar-refractivity contribution in [1.82, 2.24) is 19.4 Å². The fraction of sp³-hybridized carbons (Fsp3) is 0.130. The third-order valence-electron chi connectivity index (χ3n) is 4.88. The van der Waals surface area contributed by atoms with Gasteiger partial charge in [-0.05, 0) is 48.9 Å². The number of pyridine rings is 1. The molecule has 0 atom stereocenters. The SMILES string of the molecule is Cc1ccc2c(c1)c(=O)n(-c1cccc(F)c1)c(=O)n2CC(=O)NCc1cccnc1. The number of nitrogens with one attached hydrogen (secondary N) is 1. The number of hydrogen-bond donors (Lipinski definition) is 1. The van der Waals surface area contributed by atoms with Crippen LogP contribution in [0.2, 0.25) is 0 Å². The van der Waals surface area contributed by atoms with Gasteiger partial charge in [0.1, 0.15) is 12.4 Å². The molecule has 31 heavy (non-hydrogen) atoms. The number of rotatable bonds is 5. The zero-order chi connectivity index (χ0) is 22.0. The third kappa shape index (κ3) is 4.13. The molecular formula is C23H19FN4O3. The van der Waals surface area contributed by atoms with Crippen LogP contribution < -0.4 is 16.6 Å².